The van der Waals surface area contributed by atoms with Gasteiger partial charge in [0.05, 0.1) is 11.3 Å². The smallest absolute Gasteiger partial charge is 0.106 e. The van der Waals surface area contributed by atoms with Crippen molar-refractivity contribution in [2.45, 2.75) is 37.9 Å². The zero-order valence-electron chi connectivity index (χ0n) is 9.92. The van der Waals surface area contributed by atoms with Gasteiger partial charge in [-0.3, -0.25) is 4.98 Å². The number of rotatable bonds is 0. The van der Waals surface area contributed by atoms with Crippen LogP contribution in [0.5, 0.6) is 0 Å². The summed E-state index contributed by atoms with van der Waals surface area (Å²) in [6, 6.07) is 4.20. The molecule has 1 N–H and O–H groups in total. The minimum atomic E-state index is -0.242. The summed E-state index contributed by atoms with van der Waals surface area (Å²) >= 11 is 0. The monoisotopic (exact) mass is 218 g/mol. The molecule has 0 aliphatic carbocycles. The van der Waals surface area contributed by atoms with Gasteiger partial charge < -0.3 is 10.1 Å². The van der Waals surface area contributed by atoms with Crippen LogP contribution in [-0.4, -0.2) is 18.1 Å². The molecular formula is C13H18N2O. The van der Waals surface area contributed by atoms with Gasteiger partial charge in [0.15, 0.2) is 0 Å². The fourth-order valence-electron chi connectivity index (χ4n) is 3.05. The molecule has 1 spiro atoms. The van der Waals surface area contributed by atoms with Gasteiger partial charge in [0, 0.05) is 11.8 Å². The second kappa shape index (κ2) is 3.28. The van der Waals surface area contributed by atoms with Crippen molar-refractivity contribution < 1.29 is 4.74 Å². The molecule has 1 fully saturated rings. The Hall–Kier alpha value is -0.930. The largest absolute Gasteiger partial charge is 0.358 e. The number of ether oxygens (including phenoxy) is 1. The molecule has 0 bridgehead atoms. The fourth-order valence-corrected chi connectivity index (χ4v) is 3.05. The van der Waals surface area contributed by atoms with Crippen molar-refractivity contribution >= 4 is 0 Å². The zero-order valence-corrected chi connectivity index (χ0v) is 9.92. The minimum Gasteiger partial charge on any atom is -0.358 e. The van der Waals surface area contributed by atoms with Crippen LogP contribution in [0.15, 0.2) is 18.3 Å². The molecule has 0 unspecified atom stereocenters. The summed E-state index contributed by atoms with van der Waals surface area (Å²) < 4.78 is 6.35. The van der Waals surface area contributed by atoms with Crippen molar-refractivity contribution in [3.8, 4) is 0 Å². The van der Waals surface area contributed by atoms with Gasteiger partial charge in [-0.05, 0) is 45.8 Å². The molecule has 2 aliphatic heterocycles. The van der Waals surface area contributed by atoms with E-state index in [4.69, 9.17) is 4.74 Å². The third kappa shape index (κ3) is 1.31. The van der Waals surface area contributed by atoms with Crippen LogP contribution < -0.4 is 5.32 Å². The van der Waals surface area contributed by atoms with Crippen molar-refractivity contribution in [3.05, 3.63) is 29.6 Å². The number of nitrogens with one attached hydrogen (secondary N) is 1. The van der Waals surface area contributed by atoms with Crippen molar-refractivity contribution in [2.75, 3.05) is 13.1 Å². The van der Waals surface area contributed by atoms with Gasteiger partial charge in [0.2, 0.25) is 0 Å². The van der Waals surface area contributed by atoms with Crippen LogP contribution in [0.25, 0.3) is 0 Å². The first kappa shape index (κ1) is 10.2. The van der Waals surface area contributed by atoms with E-state index in [1.807, 2.05) is 12.3 Å². The summed E-state index contributed by atoms with van der Waals surface area (Å²) in [6.07, 6.45) is 3.97. The molecule has 0 radical (unpaired) electrons. The zero-order chi connectivity index (χ0) is 11.2. The molecule has 0 amide bonds. The Morgan fingerprint density at radius 2 is 2.06 bits per heavy atom. The Kier molecular flexibility index (Phi) is 2.10. The van der Waals surface area contributed by atoms with E-state index in [0.717, 1.165) is 31.6 Å². The van der Waals surface area contributed by atoms with Crippen molar-refractivity contribution in [3.63, 3.8) is 0 Å². The van der Waals surface area contributed by atoms with Gasteiger partial charge in [-0.15, -0.1) is 0 Å². The third-order valence-electron chi connectivity index (χ3n) is 3.73. The van der Waals surface area contributed by atoms with Crippen LogP contribution in [0.1, 0.15) is 37.9 Å². The lowest BCUT2D eigenvalue weighted by molar-refractivity contribution is -0.139. The highest BCUT2D eigenvalue weighted by Gasteiger charge is 2.49. The first-order chi connectivity index (χ1) is 7.64. The molecule has 0 aromatic carbocycles. The molecule has 1 aromatic heterocycles. The fraction of sp³-hybridized carbons (Fsp3) is 0.615. The Morgan fingerprint density at radius 3 is 2.81 bits per heavy atom. The maximum atomic E-state index is 6.35. The molecule has 0 saturated carbocycles. The van der Waals surface area contributed by atoms with Crippen LogP contribution in [0.2, 0.25) is 0 Å². The van der Waals surface area contributed by atoms with Crippen molar-refractivity contribution in [2.24, 2.45) is 0 Å². The van der Waals surface area contributed by atoms with Crippen LogP contribution >= 0.6 is 0 Å². The number of hydrogen-bond acceptors (Lipinski definition) is 3. The van der Waals surface area contributed by atoms with Crippen LogP contribution in [0.3, 0.4) is 0 Å². The Morgan fingerprint density at radius 1 is 1.31 bits per heavy atom. The van der Waals surface area contributed by atoms with Gasteiger partial charge in [-0.2, -0.15) is 0 Å². The van der Waals surface area contributed by atoms with Gasteiger partial charge in [-0.1, -0.05) is 6.07 Å². The maximum absolute atomic E-state index is 6.35. The quantitative estimate of drug-likeness (QED) is 0.722. The van der Waals surface area contributed by atoms with E-state index >= 15 is 0 Å². The maximum Gasteiger partial charge on any atom is 0.106 e. The lowest BCUT2D eigenvalue weighted by atomic mass is 9.85. The molecule has 3 heterocycles. The predicted octanol–water partition coefficient (Wildman–Crippen LogP) is 1.93. The first-order valence-electron chi connectivity index (χ1n) is 6.01. The SMILES string of the molecule is CC1(C)OC2(CCNCC2)c2cccnc21. The molecule has 1 saturated heterocycles. The molecular weight excluding hydrogens is 200 g/mol. The summed E-state index contributed by atoms with van der Waals surface area (Å²) in [6.45, 7) is 6.31. The highest BCUT2D eigenvalue weighted by atomic mass is 16.5. The van der Waals surface area contributed by atoms with E-state index in [9.17, 15) is 0 Å². The van der Waals surface area contributed by atoms with Crippen LogP contribution in [0, 0.1) is 0 Å². The Bertz CT molecular complexity index is 408. The van der Waals surface area contributed by atoms with E-state index in [1.54, 1.807) is 0 Å². The molecule has 3 nitrogen and oxygen atoms in total. The van der Waals surface area contributed by atoms with Crippen molar-refractivity contribution in [1.82, 2.24) is 10.3 Å². The lowest BCUT2D eigenvalue weighted by Crippen LogP contribution is -2.41. The second-order valence-electron chi connectivity index (χ2n) is 5.26. The lowest BCUT2D eigenvalue weighted by Gasteiger charge is -2.36. The number of aromatic nitrogens is 1. The average Bonchev–Trinajstić information content (AvgIpc) is 2.50. The summed E-state index contributed by atoms with van der Waals surface area (Å²) in [5.74, 6) is 0. The van der Waals surface area contributed by atoms with E-state index in [-0.39, 0.29) is 11.2 Å². The third-order valence-corrected chi connectivity index (χ3v) is 3.73. The Balaban J connectivity index is 2.11. The Labute approximate surface area is 96.2 Å². The molecule has 3 rings (SSSR count). The van der Waals surface area contributed by atoms with Crippen LogP contribution in [-0.2, 0) is 15.9 Å². The molecule has 3 heteroatoms. The predicted molar refractivity (Wildman–Crippen MR) is 62.1 cm³/mol. The van der Waals surface area contributed by atoms with Gasteiger partial charge >= 0.3 is 0 Å². The number of nitrogens with zero attached hydrogens (tertiary/aromatic N) is 1. The van der Waals surface area contributed by atoms with E-state index in [1.165, 1.54) is 5.56 Å². The highest BCUT2D eigenvalue weighted by Crippen LogP contribution is 2.49. The minimum absolute atomic E-state index is 0.0850. The van der Waals surface area contributed by atoms with Gasteiger partial charge in [-0.25, -0.2) is 0 Å². The summed E-state index contributed by atoms with van der Waals surface area (Å²) in [4.78, 5) is 4.52. The average molecular weight is 218 g/mol. The number of piperidine rings is 1. The van der Waals surface area contributed by atoms with Crippen molar-refractivity contribution in [1.29, 1.82) is 0 Å². The standard InChI is InChI=1S/C13H18N2O/c1-12(2)11-10(4-3-7-15-11)13(16-12)5-8-14-9-6-13/h3-4,7,14H,5-6,8-9H2,1-2H3. The summed E-state index contributed by atoms with van der Waals surface area (Å²) in [5, 5.41) is 3.39. The molecule has 16 heavy (non-hydrogen) atoms. The highest BCUT2D eigenvalue weighted by molar-refractivity contribution is 5.36. The second-order valence-corrected chi connectivity index (χ2v) is 5.26. The topological polar surface area (TPSA) is 34.1 Å². The number of fused-ring (bicyclic) bond motifs is 2. The van der Waals surface area contributed by atoms with E-state index in [2.05, 4.69) is 30.2 Å². The van der Waals surface area contributed by atoms with Gasteiger partial charge in [0.25, 0.3) is 0 Å². The van der Waals surface area contributed by atoms with Gasteiger partial charge in [0.1, 0.15) is 5.60 Å². The molecule has 2 aliphatic rings. The first-order valence-corrected chi connectivity index (χ1v) is 6.01. The summed E-state index contributed by atoms with van der Waals surface area (Å²) in [7, 11) is 0. The molecule has 1 aromatic rings. The van der Waals surface area contributed by atoms with Crippen LogP contribution in [0.4, 0.5) is 0 Å². The molecule has 86 valence electrons. The van der Waals surface area contributed by atoms with E-state index in [0.29, 0.717) is 0 Å². The number of hydrogen-bond donors (Lipinski definition) is 1. The summed E-state index contributed by atoms with van der Waals surface area (Å²) in [5.41, 5.74) is 2.10. The molecule has 0 atom stereocenters. The number of pyridine rings is 1. The van der Waals surface area contributed by atoms with E-state index < -0.39 is 0 Å². The normalized spacial score (nSPS) is 25.6.